The summed E-state index contributed by atoms with van der Waals surface area (Å²) in [6, 6.07) is 16.3. The van der Waals surface area contributed by atoms with E-state index in [1.54, 1.807) is 29.1 Å². The largest absolute Gasteiger partial charge is 0.379 e. The Morgan fingerprint density at radius 1 is 1.07 bits per heavy atom. The van der Waals surface area contributed by atoms with E-state index in [4.69, 9.17) is 0 Å². The van der Waals surface area contributed by atoms with Crippen LogP contribution in [0.2, 0.25) is 0 Å². The first-order valence-corrected chi connectivity index (χ1v) is 8.96. The van der Waals surface area contributed by atoms with Gasteiger partial charge in [0.25, 0.3) is 5.69 Å². The second kappa shape index (κ2) is 9.31. The number of benzene rings is 2. The minimum Gasteiger partial charge on any atom is -0.379 e. The van der Waals surface area contributed by atoms with Crippen LogP contribution in [0.1, 0.15) is 12.0 Å². The fourth-order valence-corrected chi connectivity index (χ4v) is 2.76. The van der Waals surface area contributed by atoms with E-state index in [0.29, 0.717) is 18.8 Å². The molecule has 0 fully saturated rings. The van der Waals surface area contributed by atoms with Gasteiger partial charge in [0.15, 0.2) is 0 Å². The predicted octanol–water partition coefficient (Wildman–Crippen LogP) is 2.94. The fourth-order valence-electron chi connectivity index (χ4n) is 2.76. The highest BCUT2D eigenvalue weighted by Crippen LogP contribution is 2.22. The van der Waals surface area contributed by atoms with Crippen LogP contribution in [0.5, 0.6) is 0 Å². The van der Waals surface area contributed by atoms with Crippen LogP contribution >= 0.6 is 0 Å². The van der Waals surface area contributed by atoms with E-state index in [-0.39, 0.29) is 18.0 Å². The molecule has 0 atom stereocenters. The summed E-state index contributed by atoms with van der Waals surface area (Å²) in [6.07, 6.45) is 4.58. The maximum Gasteiger partial charge on any atom is 0.292 e. The zero-order valence-corrected chi connectivity index (χ0v) is 15.2. The van der Waals surface area contributed by atoms with Crippen molar-refractivity contribution in [2.24, 2.45) is 0 Å². The van der Waals surface area contributed by atoms with Gasteiger partial charge in [-0.3, -0.25) is 14.9 Å². The topological polar surface area (TPSA) is 102 Å². The number of hydrogen-bond acceptors (Lipinski definition) is 5. The summed E-state index contributed by atoms with van der Waals surface area (Å²) in [7, 11) is 0. The lowest BCUT2D eigenvalue weighted by Gasteiger charge is -2.08. The lowest BCUT2D eigenvalue weighted by Crippen LogP contribution is -2.27. The van der Waals surface area contributed by atoms with Gasteiger partial charge >= 0.3 is 0 Å². The minimum absolute atomic E-state index is 0.00136. The maximum atomic E-state index is 12.0. The average molecular weight is 379 g/mol. The number of nitrogens with one attached hydrogen (secondary N) is 2. The van der Waals surface area contributed by atoms with Gasteiger partial charge in [-0.25, -0.2) is 4.68 Å². The van der Waals surface area contributed by atoms with Gasteiger partial charge in [-0.1, -0.05) is 24.3 Å². The van der Waals surface area contributed by atoms with Gasteiger partial charge in [0.2, 0.25) is 5.91 Å². The number of amides is 1. The first-order chi connectivity index (χ1) is 13.6. The normalized spacial score (nSPS) is 10.4. The molecule has 0 saturated heterocycles. The molecular formula is C20H21N5O3. The third-order valence-electron chi connectivity index (χ3n) is 4.21. The Kier molecular flexibility index (Phi) is 6.35. The molecule has 8 heteroatoms. The molecule has 28 heavy (non-hydrogen) atoms. The van der Waals surface area contributed by atoms with Crippen LogP contribution in [0.25, 0.3) is 5.69 Å². The van der Waals surface area contributed by atoms with Gasteiger partial charge in [0, 0.05) is 38.0 Å². The number of carbonyl (C=O) groups excluding carboxylic acids is 1. The molecule has 0 aliphatic rings. The molecule has 3 aromatic rings. The molecule has 1 amide bonds. The molecule has 0 spiro atoms. The van der Waals surface area contributed by atoms with Crippen LogP contribution in [0.15, 0.2) is 67.0 Å². The van der Waals surface area contributed by atoms with Crippen LogP contribution in [0, 0.1) is 10.1 Å². The lowest BCUT2D eigenvalue weighted by molar-refractivity contribution is -0.384. The lowest BCUT2D eigenvalue weighted by atomic mass is 10.1. The zero-order chi connectivity index (χ0) is 19.8. The molecule has 144 valence electrons. The second-order valence-electron chi connectivity index (χ2n) is 6.17. The van der Waals surface area contributed by atoms with Gasteiger partial charge in [-0.2, -0.15) is 5.10 Å². The molecule has 0 bridgehead atoms. The van der Waals surface area contributed by atoms with Gasteiger partial charge in [-0.15, -0.1) is 0 Å². The molecule has 8 nitrogen and oxygen atoms in total. The number of nitrogens with zero attached hydrogens (tertiary/aromatic N) is 3. The first kappa shape index (κ1) is 19.1. The van der Waals surface area contributed by atoms with Crippen LogP contribution in [0.3, 0.4) is 0 Å². The van der Waals surface area contributed by atoms with Crippen molar-refractivity contribution in [2.45, 2.75) is 12.8 Å². The zero-order valence-electron chi connectivity index (χ0n) is 15.2. The number of rotatable bonds is 9. The van der Waals surface area contributed by atoms with E-state index < -0.39 is 4.92 Å². The molecular weight excluding hydrogens is 358 g/mol. The summed E-state index contributed by atoms with van der Waals surface area (Å²) >= 11 is 0. The van der Waals surface area contributed by atoms with Gasteiger partial charge in [0.1, 0.15) is 5.69 Å². The third-order valence-corrected chi connectivity index (χ3v) is 4.21. The number of nitro groups is 1. The summed E-state index contributed by atoms with van der Waals surface area (Å²) in [4.78, 5) is 22.5. The van der Waals surface area contributed by atoms with Crippen molar-refractivity contribution in [1.82, 2.24) is 15.1 Å². The van der Waals surface area contributed by atoms with E-state index in [9.17, 15) is 14.9 Å². The Bertz CT molecular complexity index is 923. The number of nitro benzene ring substituents is 1. The Morgan fingerprint density at radius 3 is 2.57 bits per heavy atom. The molecule has 0 unspecified atom stereocenters. The average Bonchev–Trinajstić information content (AvgIpc) is 3.23. The Labute approximate surface area is 162 Å². The number of anilines is 1. The number of para-hydroxylation sites is 2. The number of aromatic nitrogens is 2. The summed E-state index contributed by atoms with van der Waals surface area (Å²) in [5, 5.41) is 21.0. The molecule has 0 aliphatic heterocycles. The van der Waals surface area contributed by atoms with Crippen molar-refractivity contribution in [1.29, 1.82) is 0 Å². The molecule has 0 radical (unpaired) electrons. The SMILES string of the molecule is O=C(CCNc1ccccc1[N+](=O)[O-])NCCc1ccc(-n2cccn2)cc1. The molecule has 3 rings (SSSR count). The van der Waals surface area contributed by atoms with Crippen LogP contribution in [0.4, 0.5) is 11.4 Å². The molecule has 2 N–H and O–H groups in total. The van der Waals surface area contributed by atoms with Crippen LogP contribution in [-0.4, -0.2) is 33.7 Å². The predicted molar refractivity (Wildman–Crippen MR) is 106 cm³/mol. The number of carbonyl (C=O) groups is 1. The minimum atomic E-state index is -0.444. The second-order valence-corrected chi connectivity index (χ2v) is 6.17. The molecule has 2 aromatic carbocycles. The summed E-state index contributed by atoms with van der Waals surface area (Å²) in [5.41, 5.74) is 2.52. The monoisotopic (exact) mass is 379 g/mol. The van der Waals surface area contributed by atoms with E-state index in [1.165, 1.54) is 6.07 Å². The quantitative estimate of drug-likeness (QED) is 0.440. The standard InChI is InChI=1S/C20H21N5O3/c26-20(11-14-21-18-4-1-2-5-19(18)25(27)28)22-13-10-16-6-8-17(9-7-16)24-15-3-12-23-24/h1-9,12,15,21H,10-11,13-14H2,(H,22,26). The molecule has 1 heterocycles. The third kappa shape index (κ3) is 5.16. The van der Waals surface area contributed by atoms with E-state index in [1.807, 2.05) is 36.5 Å². The Morgan fingerprint density at radius 2 is 1.86 bits per heavy atom. The van der Waals surface area contributed by atoms with Crippen molar-refractivity contribution in [3.05, 3.63) is 82.7 Å². The summed E-state index contributed by atoms with van der Waals surface area (Å²) < 4.78 is 1.79. The summed E-state index contributed by atoms with van der Waals surface area (Å²) in [5.74, 6) is -0.0979. The van der Waals surface area contributed by atoms with Crippen molar-refractivity contribution in [3.8, 4) is 5.69 Å². The van der Waals surface area contributed by atoms with Crippen molar-refractivity contribution < 1.29 is 9.72 Å². The summed E-state index contributed by atoms with van der Waals surface area (Å²) in [6.45, 7) is 0.862. The van der Waals surface area contributed by atoms with E-state index in [2.05, 4.69) is 15.7 Å². The maximum absolute atomic E-state index is 12.0. The van der Waals surface area contributed by atoms with E-state index in [0.717, 1.165) is 17.7 Å². The molecule has 1 aromatic heterocycles. The fraction of sp³-hybridized carbons (Fsp3) is 0.200. The highest BCUT2D eigenvalue weighted by molar-refractivity contribution is 5.76. The number of hydrogen-bond donors (Lipinski definition) is 2. The van der Waals surface area contributed by atoms with Gasteiger partial charge in [-0.05, 0) is 36.2 Å². The van der Waals surface area contributed by atoms with Crippen molar-refractivity contribution >= 4 is 17.3 Å². The van der Waals surface area contributed by atoms with Gasteiger partial charge in [0.05, 0.1) is 10.6 Å². The Balaban J connectivity index is 1.38. The van der Waals surface area contributed by atoms with Crippen LogP contribution < -0.4 is 10.6 Å². The first-order valence-electron chi connectivity index (χ1n) is 8.96. The molecule has 0 saturated carbocycles. The van der Waals surface area contributed by atoms with Crippen molar-refractivity contribution in [2.75, 3.05) is 18.4 Å². The highest BCUT2D eigenvalue weighted by Gasteiger charge is 2.11. The molecule has 0 aliphatic carbocycles. The van der Waals surface area contributed by atoms with Crippen molar-refractivity contribution in [3.63, 3.8) is 0 Å². The highest BCUT2D eigenvalue weighted by atomic mass is 16.6. The van der Waals surface area contributed by atoms with E-state index >= 15 is 0 Å². The van der Waals surface area contributed by atoms with Gasteiger partial charge < -0.3 is 10.6 Å². The Hall–Kier alpha value is -3.68. The van der Waals surface area contributed by atoms with Crippen LogP contribution in [-0.2, 0) is 11.2 Å². The smallest absolute Gasteiger partial charge is 0.292 e.